The molecule has 1 atom stereocenters. The molecule has 2 aliphatic rings. The first-order valence-corrected chi connectivity index (χ1v) is 8.73. The van der Waals surface area contributed by atoms with Gasteiger partial charge in [-0.2, -0.15) is 5.10 Å². The fourth-order valence-electron chi connectivity index (χ4n) is 3.51. The Labute approximate surface area is 146 Å². The van der Waals surface area contributed by atoms with E-state index in [1.807, 2.05) is 27.8 Å². The van der Waals surface area contributed by atoms with E-state index in [-0.39, 0.29) is 24.0 Å². The van der Waals surface area contributed by atoms with Crippen LogP contribution in [-0.2, 0) is 17.9 Å². The average molecular weight is 342 g/mol. The number of nitrogens with zero attached hydrogens (tertiary/aromatic N) is 4. The molecule has 7 heteroatoms. The van der Waals surface area contributed by atoms with Gasteiger partial charge in [0.05, 0.1) is 30.6 Å². The molecule has 2 aromatic heterocycles. The second kappa shape index (κ2) is 6.84. The SMILES string of the molecule is O=C(C1CC(O)C1)N1Cc2ccnn2CC[C@@H]1COc1cccnc1. The monoisotopic (exact) mass is 342 g/mol. The Balaban J connectivity index is 1.50. The first-order valence-electron chi connectivity index (χ1n) is 8.73. The fraction of sp³-hybridized carbons (Fsp3) is 0.500. The van der Waals surface area contributed by atoms with Gasteiger partial charge in [0.2, 0.25) is 5.91 Å². The van der Waals surface area contributed by atoms with Gasteiger partial charge in [0.1, 0.15) is 12.4 Å². The van der Waals surface area contributed by atoms with E-state index in [2.05, 4.69) is 10.1 Å². The highest BCUT2D eigenvalue weighted by Gasteiger charge is 2.39. The maximum Gasteiger partial charge on any atom is 0.226 e. The van der Waals surface area contributed by atoms with Crippen molar-refractivity contribution in [2.45, 2.75) is 44.5 Å². The van der Waals surface area contributed by atoms with E-state index in [9.17, 15) is 9.90 Å². The number of rotatable bonds is 4. The molecule has 1 fully saturated rings. The van der Waals surface area contributed by atoms with Gasteiger partial charge in [-0.15, -0.1) is 0 Å². The number of ether oxygens (including phenoxy) is 1. The van der Waals surface area contributed by atoms with Crippen LogP contribution in [-0.4, -0.2) is 49.4 Å². The number of carbonyl (C=O) groups is 1. The Morgan fingerprint density at radius 3 is 2.96 bits per heavy atom. The number of aromatic nitrogens is 3. The largest absolute Gasteiger partial charge is 0.490 e. The zero-order valence-electron chi connectivity index (χ0n) is 14.0. The van der Waals surface area contributed by atoms with Crippen molar-refractivity contribution in [1.29, 1.82) is 0 Å². The van der Waals surface area contributed by atoms with Crippen molar-refractivity contribution < 1.29 is 14.6 Å². The number of aliphatic hydroxyl groups excluding tert-OH is 1. The second-order valence-electron chi connectivity index (χ2n) is 6.78. The molecule has 1 saturated carbocycles. The molecule has 1 aliphatic heterocycles. The van der Waals surface area contributed by atoms with Crippen LogP contribution in [0.2, 0.25) is 0 Å². The molecule has 1 amide bonds. The van der Waals surface area contributed by atoms with Gasteiger partial charge in [-0.25, -0.2) is 0 Å². The summed E-state index contributed by atoms with van der Waals surface area (Å²) >= 11 is 0. The molecule has 0 saturated heterocycles. The molecule has 7 nitrogen and oxygen atoms in total. The first kappa shape index (κ1) is 16.1. The molecule has 0 spiro atoms. The molecule has 0 radical (unpaired) electrons. The molecule has 1 aliphatic carbocycles. The highest BCUT2D eigenvalue weighted by molar-refractivity contribution is 5.80. The molecular weight excluding hydrogens is 320 g/mol. The van der Waals surface area contributed by atoms with Gasteiger partial charge in [0.15, 0.2) is 0 Å². The summed E-state index contributed by atoms with van der Waals surface area (Å²) in [4.78, 5) is 18.9. The van der Waals surface area contributed by atoms with Crippen LogP contribution in [0.4, 0.5) is 0 Å². The number of carbonyl (C=O) groups excluding carboxylic acids is 1. The Hall–Kier alpha value is -2.41. The molecule has 0 bridgehead atoms. The van der Waals surface area contributed by atoms with Crippen molar-refractivity contribution in [2.24, 2.45) is 5.92 Å². The number of aliphatic hydroxyl groups is 1. The number of fused-ring (bicyclic) bond motifs is 1. The molecule has 1 N–H and O–H groups in total. The minimum Gasteiger partial charge on any atom is -0.490 e. The molecule has 2 aromatic rings. The van der Waals surface area contributed by atoms with E-state index < -0.39 is 0 Å². The number of pyridine rings is 1. The van der Waals surface area contributed by atoms with E-state index >= 15 is 0 Å². The van der Waals surface area contributed by atoms with E-state index in [1.54, 1.807) is 18.6 Å². The zero-order valence-corrected chi connectivity index (χ0v) is 14.0. The summed E-state index contributed by atoms with van der Waals surface area (Å²) < 4.78 is 7.83. The van der Waals surface area contributed by atoms with Crippen LogP contribution in [0.3, 0.4) is 0 Å². The lowest BCUT2D eigenvalue weighted by molar-refractivity contribution is -0.146. The number of hydrogen-bond acceptors (Lipinski definition) is 5. The van der Waals surface area contributed by atoms with Crippen molar-refractivity contribution >= 4 is 5.91 Å². The van der Waals surface area contributed by atoms with Crippen LogP contribution in [0, 0.1) is 5.92 Å². The zero-order chi connectivity index (χ0) is 17.2. The van der Waals surface area contributed by atoms with Crippen LogP contribution in [0.5, 0.6) is 5.75 Å². The number of amides is 1. The van der Waals surface area contributed by atoms with Gasteiger partial charge in [-0.1, -0.05) is 0 Å². The van der Waals surface area contributed by atoms with Gasteiger partial charge < -0.3 is 14.7 Å². The van der Waals surface area contributed by atoms with Gasteiger partial charge in [0, 0.05) is 24.9 Å². The maximum atomic E-state index is 12.9. The standard InChI is InChI=1S/C18H22N4O3/c23-16-8-13(9-16)18(24)21-11-14-3-6-20-22(14)7-4-15(21)12-25-17-2-1-5-19-10-17/h1-3,5-6,10,13,15-16,23H,4,7-9,11-12H2/t13?,15-,16?/m1/s1. The molecule has 4 rings (SSSR count). The van der Waals surface area contributed by atoms with Crippen LogP contribution >= 0.6 is 0 Å². The summed E-state index contributed by atoms with van der Waals surface area (Å²) in [6, 6.07) is 5.63. The summed E-state index contributed by atoms with van der Waals surface area (Å²) in [6.45, 7) is 1.73. The predicted molar refractivity (Wildman–Crippen MR) is 89.6 cm³/mol. The van der Waals surface area contributed by atoms with Crippen molar-refractivity contribution in [3.8, 4) is 5.75 Å². The molecule has 0 aromatic carbocycles. The van der Waals surface area contributed by atoms with Gasteiger partial charge in [0.25, 0.3) is 0 Å². The van der Waals surface area contributed by atoms with E-state index in [0.717, 1.165) is 18.7 Å². The third-order valence-electron chi connectivity index (χ3n) is 5.07. The summed E-state index contributed by atoms with van der Waals surface area (Å²) in [5, 5.41) is 13.9. The summed E-state index contributed by atoms with van der Waals surface area (Å²) in [7, 11) is 0. The van der Waals surface area contributed by atoms with E-state index in [0.29, 0.717) is 31.7 Å². The Morgan fingerprint density at radius 2 is 2.20 bits per heavy atom. The van der Waals surface area contributed by atoms with Crippen molar-refractivity contribution in [3.05, 3.63) is 42.5 Å². The molecule has 3 heterocycles. The van der Waals surface area contributed by atoms with Gasteiger partial charge >= 0.3 is 0 Å². The summed E-state index contributed by atoms with van der Waals surface area (Å²) in [6.07, 6.45) is 6.73. The minimum atomic E-state index is -0.337. The van der Waals surface area contributed by atoms with Crippen molar-refractivity contribution in [2.75, 3.05) is 6.61 Å². The van der Waals surface area contributed by atoms with Gasteiger partial charge in [-0.3, -0.25) is 14.5 Å². The lowest BCUT2D eigenvalue weighted by Gasteiger charge is -2.37. The van der Waals surface area contributed by atoms with Crippen LogP contribution < -0.4 is 4.74 Å². The van der Waals surface area contributed by atoms with Crippen molar-refractivity contribution in [3.63, 3.8) is 0 Å². The summed E-state index contributed by atoms with van der Waals surface area (Å²) in [5.41, 5.74) is 1.04. The maximum absolute atomic E-state index is 12.9. The first-order chi connectivity index (χ1) is 12.2. The van der Waals surface area contributed by atoms with Crippen LogP contribution in [0.1, 0.15) is 25.0 Å². The average Bonchev–Trinajstić information content (AvgIpc) is 2.98. The smallest absolute Gasteiger partial charge is 0.226 e. The highest BCUT2D eigenvalue weighted by Crippen LogP contribution is 2.31. The fourth-order valence-corrected chi connectivity index (χ4v) is 3.51. The lowest BCUT2D eigenvalue weighted by atomic mass is 9.81. The number of aryl methyl sites for hydroxylation is 1. The molecule has 132 valence electrons. The van der Waals surface area contributed by atoms with Crippen LogP contribution in [0.25, 0.3) is 0 Å². The third-order valence-corrected chi connectivity index (χ3v) is 5.07. The topological polar surface area (TPSA) is 80.5 Å². The quantitative estimate of drug-likeness (QED) is 0.904. The third kappa shape index (κ3) is 3.37. The van der Waals surface area contributed by atoms with Gasteiger partial charge in [-0.05, 0) is 37.5 Å². The predicted octanol–water partition coefficient (Wildman–Crippen LogP) is 1.23. The van der Waals surface area contributed by atoms with Crippen LogP contribution in [0.15, 0.2) is 36.8 Å². The summed E-state index contributed by atoms with van der Waals surface area (Å²) in [5.74, 6) is 0.737. The lowest BCUT2D eigenvalue weighted by Crippen LogP contribution is -2.49. The van der Waals surface area contributed by atoms with E-state index in [1.165, 1.54) is 0 Å². The Bertz CT molecular complexity index is 727. The normalized spacial score (nSPS) is 25.6. The minimum absolute atomic E-state index is 0.0212. The molecule has 0 unspecified atom stereocenters. The Morgan fingerprint density at radius 1 is 1.32 bits per heavy atom. The number of hydrogen-bond donors (Lipinski definition) is 1. The van der Waals surface area contributed by atoms with Crippen molar-refractivity contribution in [1.82, 2.24) is 19.7 Å². The second-order valence-corrected chi connectivity index (χ2v) is 6.78. The highest BCUT2D eigenvalue weighted by atomic mass is 16.5. The van der Waals surface area contributed by atoms with E-state index in [4.69, 9.17) is 4.74 Å². The Kier molecular flexibility index (Phi) is 4.40. The molecule has 25 heavy (non-hydrogen) atoms. The molecular formula is C18H22N4O3.